The first kappa shape index (κ1) is 33.4. The number of carbonyl (C=O) groups is 2. The topological polar surface area (TPSA) is 138 Å². The summed E-state index contributed by atoms with van der Waals surface area (Å²) in [6.45, 7) is 3.63. The molecule has 1 saturated heterocycles. The zero-order valence-electron chi connectivity index (χ0n) is 26.9. The maximum absolute atomic E-state index is 13.1. The molecular weight excluding hydrogens is 659 g/mol. The summed E-state index contributed by atoms with van der Waals surface area (Å²) in [6, 6.07) is 12.7. The normalized spacial score (nSPS) is 17.3. The summed E-state index contributed by atoms with van der Waals surface area (Å²) in [5, 5.41) is 7.07. The van der Waals surface area contributed by atoms with Crippen molar-refractivity contribution in [2.45, 2.75) is 32.2 Å². The molecule has 2 unspecified atom stereocenters. The predicted octanol–water partition coefficient (Wildman–Crippen LogP) is 4.65. The Morgan fingerprint density at radius 3 is 2.46 bits per heavy atom. The Morgan fingerprint density at radius 2 is 1.73 bits per heavy atom. The number of aryl methyl sites for hydroxylation is 2. The fourth-order valence-electron chi connectivity index (χ4n) is 6.56. The number of hydrogen-bond donors (Lipinski definition) is 1. The SMILES string of the molecule is CCOC(=O)C1CCN(C2CCc3cc(-c4cccc(-c5cccc(NC(=O)c6nn(C)c(=O)n(C)c6=O)c5Cl)c4Cl)nc(OC)c32)C1. The van der Waals surface area contributed by atoms with Crippen molar-refractivity contribution in [1.82, 2.24) is 24.2 Å². The smallest absolute Gasteiger partial charge is 0.346 e. The van der Waals surface area contributed by atoms with E-state index >= 15 is 0 Å². The van der Waals surface area contributed by atoms with Crippen molar-refractivity contribution in [3.05, 3.63) is 90.2 Å². The van der Waals surface area contributed by atoms with Gasteiger partial charge < -0.3 is 14.8 Å². The fraction of sp³-hybridized carbons (Fsp3) is 0.353. The van der Waals surface area contributed by atoms with Crippen molar-refractivity contribution in [3.63, 3.8) is 0 Å². The van der Waals surface area contributed by atoms with Crippen molar-refractivity contribution in [3.8, 4) is 28.3 Å². The molecule has 4 aromatic rings. The van der Waals surface area contributed by atoms with E-state index < -0.39 is 22.9 Å². The van der Waals surface area contributed by atoms with Crippen LogP contribution in [0.25, 0.3) is 22.4 Å². The number of anilines is 1. The van der Waals surface area contributed by atoms with E-state index in [-0.39, 0.29) is 28.6 Å². The lowest BCUT2D eigenvalue weighted by atomic mass is 9.99. The molecule has 12 nitrogen and oxygen atoms in total. The molecular formula is C34H34Cl2N6O6. The van der Waals surface area contributed by atoms with E-state index in [4.69, 9.17) is 37.7 Å². The minimum absolute atomic E-state index is 0.0886. The standard InChI is InChI=1S/C34H34Cl2N6O6/c1-5-48-33(45)19-14-15-42(17-19)25-13-12-18-16-24(38-31(47-4)26(18)25)22-10-6-8-20(27(22)35)21-9-7-11-23(28(21)36)37-30(43)29-32(44)40(2)34(46)41(3)39-29/h6-11,16,19,25H,5,12-15,17H2,1-4H3,(H,37,43). The fourth-order valence-corrected chi connectivity index (χ4v) is 7.16. The van der Waals surface area contributed by atoms with Gasteiger partial charge in [-0.3, -0.25) is 23.9 Å². The molecule has 250 valence electrons. The Hall–Kier alpha value is -4.52. The highest BCUT2D eigenvalue weighted by atomic mass is 35.5. The van der Waals surface area contributed by atoms with Crippen LogP contribution in [0, 0.1) is 5.92 Å². The van der Waals surface area contributed by atoms with E-state index in [0.29, 0.717) is 46.4 Å². The van der Waals surface area contributed by atoms with Gasteiger partial charge in [0.2, 0.25) is 11.6 Å². The van der Waals surface area contributed by atoms with Crippen LogP contribution >= 0.6 is 23.2 Å². The Labute approximate surface area is 286 Å². The van der Waals surface area contributed by atoms with Crippen LogP contribution < -0.4 is 21.3 Å². The molecule has 6 rings (SSSR count). The molecule has 3 heterocycles. The molecule has 0 saturated carbocycles. The van der Waals surface area contributed by atoms with Crippen molar-refractivity contribution in [2.75, 3.05) is 32.1 Å². The summed E-state index contributed by atoms with van der Waals surface area (Å²) >= 11 is 13.9. The average Bonchev–Trinajstić information content (AvgIpc) is 3.74. The lowest BCUT2D eigenvalue weighted by Crippen LogP contribution is -2.43. The molecule has 0 radical (unpaired) electrons. The van der Waals surface area contributed by atoms with Gasteiger partial charge >= 0.3 is 11.7 Å². The van der Waals surface area contributed by atoms with Crippen LogP contribution in [0.4, 0.5) is 5.69 Å². The minimum Gasteiger partial charge on any atom is -0.481 e. The molecule has 0 spiro atoms. The van der Waals surface area contributed by atoms with Crippen molar-refractivity contribution in [2.24, 2.45) is 20.0 Å². The predicted molar refractivity (Wildman–Crippen MR) is 182 cm³/mol. The maximum Gasteiger partial charge on any atom is 0.346 e. The molecule has 48 heavy (non-hydrogen) atoms. The molecule has 2 aromatic heterocycles. The second kappa shape index (κ2) is 13.5. The van der Waals surface area contributed by atoms with E-state index in [9.17, 15) is 19.2 Å². The van der Waals surface area contributed by atoms with E-state index in [0.717, 1.165) is 46.2 Å². The van der Waals surface area contributed by atoms with Gasteiger partial charge in [0, 0.05) is 48.9 Å². The molecule has 1 N–H and O–H groups in total. The first-order chi connectivity index (χ1) is 23.0. The summed E-state index contributed by atoms with van der Waals surface area (Å²) in [5.41, 5.74) is 2.90. The summed E-state index contributed by atoms with van der Waals surface area (Å²) in [5.74, 6) is -0.576. The first-order valence-electron chi connectivity index (χ1n) is 15.6. The first-order valence-corrected chi connectivity index (χ1v) is 16.3. The zero-order valence-corrected chi connectivity index (χ0v) is 28.4. The van der Waals surface area contributed by atoms with Crippen LogP contribution in [-0.2, 0) is 30.0 Å². The molecule has 14 heteroatoms. The highest BCUT2D eigenvalue weighted by Crippen LogP contribution is 2.46. The Morgan fingerprint density at radius 1 is 1.02 bits per heavy atom. The molecule has 1 aliphatic heterocycles. The van der Waals surface area contributed by atoms with E-state index in [1.807, 2.05) is 31.2 Å². The van der Waals surface area contributed by atoms with Gasteiger partial charge in [0.25, 0.3) is 11.5 Å². The number of methoxy groups -OCH3 is 1. The maximum atomic E-state index is 13.1. The lowest BCUT2D eigenvalue weighted by molar-refractivity contribution is -0.147. The van der Waals surface area contributed by atoms with Crippen LogP contribution in [0.3, 0.4) is 0 Å². The minimum atomic E-state index is -0.830. The molecule has 1 fully saturated rings. The van der Waals surface area contributed by atoms with E-state index in [2.05, 4.69) is 15.3 Å². The Kier molecular flexibility index (Phi) is 9.41. The van der Waals surface area contributed by atoms with Gasteiger partial charge in [-0.05, 0) is 50.4 Å². The number of ether oxygens (including phenoxy) is 2. The van der Waals surface area contributed by atoms with Gasteiger partial charge in [0.1, 0.15) is 0 Å². The third-order valence-electron chi connectivity index (χ3n) is 8.95. The number of fused-ring (bicyclic) bond motifs is 1. The van der Waals surface area contributed by atoms with E-state index in [1.165, 1.54) is 14.1 Å². The summed E-state index contributed by atoms with van der Waals surface area (Å²) in [4.78, 5) is 57.2. The number of nitrogens with zero attached hydrogens (tertiary/aromatic N) is 5. The highest BCUT2D eigenvalue weighted by Gasteiger charge is 2.38. The van der Waals surface area contributed by atoms with Crippen LogP contribution in [0.15, 0.2) is 52.1 Å². The third kappa shape index (κ3) is 5.99. The molecule has 0 bridgehead atoms. The number of esters is 1. The molecule has 2 aromatic carbocycles. The van der Waals surface area contributed by atoms with Gasteiger partial charge in [-0.15, -0.1) is 0 Å². The molecule has 2 atom stereocenters. The number of hydrogen-bond acceptors (Lipinski definition) is 9. The second-order valence-electron chi connectivity index (χ2n) is 11.8. The number of benzene rings is 2. The number of aromatic nitrogens is 4. The summed E-state index contributed by atoms with van der Waals surface area (Å²) < 4.78 is 12.8. The average molecular weight is 694 g/mol. The monoisotopic (exact) mass is 692 g/mol. The quantitative estimate of drug-likeness (QED) is 0.262. The number of rotatable bonds is 8. The molecule has 1 amide bonds. The number of nitrogens with one attached hydrogen (secondary N) is 1. The lowest BCUT2D eigenvalue weighted by Gasteiger charge is -2.25. The number of likely N-dealkylation sites (tertiary alicyclic amines) is 1. The number of amides is 1. The summed E-state index contributed by atoms with van der Waals surface area (Å²) in [6.07, 6.45) is 2.47. The highest BCUT2D eigenvalue weighted by molar-refractivity contribution is 6.39. The van der Waals surface area contributed by atoms with Crippen LogP contribution in [0.5, 0.6) is 5.88 Å². The van der Waals surface area contributed by atoms with Gasteiger partial charge in [-0.2, -0.15) is 5.10 Å². The molecule has 1 aliphatic carbocycles. The van der Waals surface area contributed by atoms with Crippen molar-refractivity contribution in [1.29, 1.82) is 0 Å². The third-order valence-corrected chi connectivity index (χ3v) is 9.77. The largest absolute Gasteiger partial charge is 0.481 e. The van der Waals surface area contributed by atoms with Crippen molar-refractivity contribution < 1.29 is 19.1 Å². The van der Waals surface area contributed by atoms with Crippen LogP contribution in [0.2, 0.25) is 10.0 Å². The van der Waals surface area contributed by atoms with Gasteiger partial charge in [-0.1, -0.05) is 53.5 Å². The van der Waals surface area contributed by atoms with Gasteiger partial charge in [0.15, 0.2) is 0 Å². The van der Waals surface area contributed by atoms with E-state index in [1.54, 1.807) is 25.3 Å². The van der Waals surface area contributed by atoms with Gasteiger partial charge in [0.05, 0.1) is 41.1 Å². The molecule has 2 aliphatic rings. The Bertz CT molecular complexity index is 2060. The Balaban J connectivity index is 1.30. The summed E-state index contributed by atoms with van der Waals surface area (Å²) in [7, 11) is 4.22. The number of pyridine rings is 1. The van der Waals surface area contributed by atoms with Crippen LogP contribution in [0.1, 0.15) is 47.4 Å². The van der Waals surface area contributed by atoms with Crippen molar-refractivity contribution >= 4 is 40.8 Å². The van der Waals surface area contributed by atoms with Crippen LogP contribution in [-0.4, -0.2) is 62.9 Å². The zero-order chi connectivity index (χ0) is 34.3. The number of carbonyl (C=O) groups excluding carboxylic acids is 2. The van der Waals surface area contributed by atoms with Gasteiger partial charge in [-0.25, -0.2) is 14.5 Å². The number of halogens is 2. The second-order valence-corrected chi connectivity index (χ2v) is 12.5.